The molecule has 2 aromatic carbocycles. The Morgan fingerprint density at radius 3 is 2.48 bits per heavy atom. The van der Waals surface area contributed by atoms with Gasteiger partial charge >= 0.3 is 0 Å². The van der Waals surface area contributed by atoms with Crippen molar-refractivity contribution in [1.29, 1.82) is 0 Å². The minimum absolute atomic E-state index is 0.134. The molecule has 7 heteroatoms. The second kappa shape index (κ2) is 7.90. The van der Waals surface area contributed by atoms with Gasteiger partial charge in [0.15, 0.2) is 5.69 Å². The van der Waals surface area contributed by atoms with E-state index in [9.17, 15) is 14.0 Å². The van der Waals surface area contributed by atoms with E-state index in [1.54, 1.807) is 43.3 Å². The number of carbonyl (C=O) groups is 1. The first kappa shape index (κ1) is 18.4. The van der Waals surface area contributed by atoms with E-state index in [0.717, 1.165) is 0 Å². The van der Waals surface area contributed by atoms with Crippen molar-refractivity contribution >= 4 is 22.4 Å². The number of nitrogens with one attached hydrogen (secondary N) is 1. The second-order valence-electron chi connectivity index (χ2n) is 6.07. The molecule has 0 unspecified atom stereocenters. The zero-order chi connectivity index (χ0) is 19.4. The summed E-state index contributed by atoms with van der Waals surface area (Å²) >= 11 is 0. The highest BCUT2D eigenvalue weighted by molar-refractivity contribution is 6.06. The molecule has 1 aromatic heterocycles. The number of hydrazone groups is 1. The van der Waals surface area contributed by atoms with E-state index in [2.05, 4.69) is 15.6 Å². The number of amides is 1. The largest absolute Gasteiger partial charge is 0.292 e. The molecule has 1 amide bonds. The molecule has 0 saturated carbocycles. The highest BCUT2D eigenvalue weighted by Gasteiger charge is 2.16. The standard InChI is InChI=1S/C20H19FN4O2/c1-3-12-25-20(27)17-7-5-4-6-16(17)18(24-25)19(26)23-22-13(2)14-8-10-15(21)11-9-14/h4-11H,3,12H2,1-2H3,(H,23,26)/b22-13+. The smallest absolute Gasteiger partial charge is 0.267 e. The molecule has 6 nitrogen and oxygen atoms in total. The number of halogens is 1. The van der Waals surface area contributed by atoms with Crippen molar-refractivity contribution < 1.29 is 9.18 Å². The lowest BCUT2D eigenvalue weighted by atomic mass is 10.1. The molecule has 138 valence electrons. The molecule has 1 N–H and O–H groups in total. The lowest BCUT2D eigenvalue weighted by Crippen LogP contribution is -2.29. The molecule has 0 aliphatic heterocycles. The van der Waals surface area contributed by atoms with Crippen molar-refractivity contribution in [2.45, 2.75) is 26.8 Å². The van der Waals surface area contributed by atoms with Crippen LogP contribution in [0.1, 0.15) is 36.3 Å². The summed E-state index contributed by atoms with van der Waals surface area (Å²) in [6.45, 7) is 4.05. The van der Waals surface area contributed by atoms with Gasteiger partial charge in [-0.3, -0.25) is 9.59 Å². The number of rotatable bonds is 5. The van der Waals surface area contributed by atoms with Crippen LogP contribution in [0.5, 0.6) is 0 Å². The van der Waals surface area contributed by atoms with Gasteiger partial charge in [-0.2, -0.15) is 10.2 Å². The van der Waals surface area contributed by atoms with Crippen molar-refractivity contribution in [3.63, 3.8) is 0 Å². The molecule has 0 spiro atoms. The molecular weight excluding hydrogens is 347 g/mol. The van der Waals surface area contributed by atoms with Gasteiger partial charge in [-0.15, -0.1) is 0 Å². The summed E-state index contributed by atoms with van der Waals surface area (Å²) in [5.41, 5.74) is 3.59. The molecule has 0 atom stereocenters. The van der Waals surface area contributed by atoms with Crippen LogP contribution in [0.2, 0.25) is 0 Å². The van der Waals surface area contributed by atoms with Crippen LogP contribution in [0, 0.1) is 5.82 Å². The van der Waals surface area contributed by atoms with E-state index in [0.29, 0.717) is 35.0 Å². The Labute approximate surface area is 155 Å². The number of nitrogens with zero attached hydrogens (tertiary/aromatic N) is 3. The highest BCUT2D eigenvalue weighted by atomic mass is 19.1. The quantitative estimate of drug-likeness (QED) is 0.557. The number of hydrogen-bond donors (Lipinski definition) is 1. The third kappa shape index (κ3) is 3.92. The summed E-state index contributed by atoms with van der Waals surface area (Å²) in [5, 5.41) is 9.21. The summed E-state index contributed by atoms with van der Waals surface area (Å²) in [4.78, 5) is 25.1. The van der Waals surface area contributed by atoms with Crippen molar-refractivity contribution in [2.24, 2.45) is 5.10 Å². The van der Waals surface area contributed by atoms with Gasteiger partial charge < -0.3 is 0 Å². The lowest BCUT2D eigenvalue weighted by molar-refractivity contribution is 0.0949. The minimum Gasteiger partial charge on any atom is -0.267 e. The molecular formula is C20H19FN4O2. The SMILES string of the molecule is CCCn1nc(C(=O)N/N=C(\C)c2ccc(F)cc2)c2ccccc2c1=O. The van der Waals surface area contributed by atoms with Gasteiger partial charge in [0.05, 0.1) is 11.1 Å². The molecule has 0 aliphatic carbocycles. The number of fused-ring (bicyclic) bond motifs is 1. The number of carbonyl (C=O) groups excluding carboxylic acids is 1. The maximum Gasteiger partial charge on any atom is 0.292 e. The van der Waals surface area contributed by atoms with Crippen molar-refractivity contribution in [1.82, 2.24) is 15.2 Å². The summed E-state index contributed by atoms with van der Waals surface area (Å²) < 4.78 is 14.3. The van der Waals surface area contributed by atoms with Crippen molar-refractivity contribution in [3.8, 4) is 0 Å². The fraction of sp³-hybridized carbons (Fsp3) is 0.200. The maximum atomic E-state index is 13.0. The summed E-state index contributed by atoms with van der Waals surface area (Å²) in [7, 11) is 0. The van der Waals surface area contributed by atoms with Crippen LogP contribution in [0.4, 0.5) is 4.39 Å². The number of aryl methyl sites for hydroxylation is 1. The summed E-state index contributed by atoms with van der Waals surface area (Å²) in [6, 6.07) is 12.7. The Morgan fingerprint density at radius 1 is 1.15 bits per heavy atom. The van der Waals surface area contributed by atoms with Crippen molar-refractivity contribution in [2.75, 3.05) is 0 Å². The first-order chi connectivity index (χ1) is 13.0. The van der Waals surface area contributed by atoms with Crippen LogP contribution in [-0.2, 0) is 6.54 Å². The lowest BCUT2D eigenvalue weighted by Gasteiger charge is -2.09. The maximum absolute atomic E-state index is 13.0. The minimum atomic E-state index is -0.516. The van der Waals surface area contributed by atoms with E-state index < -0.39 is 5.91 Å². The van der Waals surface area contributed by atoms with Gasteiger partial charge in [0, 0.05) is 11.9 Å². The van der Waals surface area contributed by atoms with Gasteiger partial charge in [0.25, 0.3) is 11.5 Å². The van der Waals surface area contributed by atoms with Crippen molar-refractivity contribution in [3.05, 3.63) is 76.0 Å². The summed E-state index contributed by atoms with van der Waals surface area (Å²) in [6.07, 6.45) is 0.716. The number of benzene rings is 2. The number of hydrogen-bond acceptors (Lipinski definition) is 4. The molecule has 1 heterocycles. The van der Waals surface area contributed by atoms with Crippen LogP contribution < -0.4 is 11.0 Å². The molecule has 0 bridgehead atoms. The molecule has 0 aliphatic rings. The Morgan fingerprint density at radius 2 is 1.81 bits per heavy atom. The van der Waals surface area contributed by atoms with E-state index in [-0.39, 0.29) is 17.1 Å². The molecule has 0 saturated heterocycles. The molecule has 27 heavy (non-hydrogen) atoms. The van der Waals surface area contributed by atoms with E-state index in [4.69, 9.17) is 0 Å². The summed E-state index contributed by atoms with van der Waals surface area (Å²) in [5.74, 6) is -0.859. The second-order valence-corrected chi connectivity index (χ2v) is 6.07. The normalized spacial score (nSPS) is 11.6. The van der Waals surface area contributed by atoms with E-state index in [1.807, 2.05) is 6.92 Å². The fourth-order valence-corrected chi connectivity index (χ4v) is 2.71. The molecule has 0 radical (unpaired) electrons. The van der Waals surface area contributed by atoms with Crippen LogP contribution in [-0.4, -0.2) is 21.4 Å². The van der Waals surface area contributed by atoms with Crippen LogP contribution in [0.25, 0.3) is 10.8 Å². The average molecular weight is 366 g/mol. The highest BCUT2D eigenvalue weighted by Crippen LogP contribution is 2.13. The molecule has 3 aromatic rings. The molecule has 3 rings (SSSR count). The Kier molecular flexibility index (Phi) is 5.40. The third-order valence-corrected chi connectivity index (χ3v) is 4.11. The molecule has 0 fully saturated rings. The van der Waals surface area contributed by atoms with Crippen LogP contribution in [0.3, 0.4) is 0 Å². The van der Waals surface area contributed by atoms with Crippen LogP contribution >= 0.6 is 0 Å². The Bertz CT molecular complexity index is 1070. The van der Waals surface area contributed by atoms with E-state index in [1.165, 1.54) is 16.8 Å². The van der Waals surface area contributed by atoms with Gasteiger partial charge in [-0.05, 0) is 37.1 Å². The average Bonchev–Trinajstić information content (AvgIpc) is 2.68. The number of aromatic nitrogens is 2. The topological polar surface area (TPSA) is 76.3 Å². The van der Waals surface area contributed by atoms with Gasteiger partial charge in [-0.1, -0.05) is 37.3 Å². The Balaban J connectivity index is 1.95. The van der Waals surface area contributed by atoms with Crippen LogP contribution in [0.15, 0.2) is 58.4 Å². The fourth-order valence-electron chi connectivity index (χ4n) is 2.71. The van der Waals surface area contributed by atoms with Gasteiger partial charge in [0.1, 0.15) is 5.82 Å². The van der Waals surface area contributed by atoms with Gasteiger partial charge in [-0.25, -0.2) is 14.5 Å². The predicted octanol–water partition coefficient (Wildman–Crippen LogP) is 3.10. The Hall–Kier alpha value is -3.35. The zero-order valence-corrected chi connectivity index (χ0v) is 15.1. The predicted molar refractivity (Wildman–Crippen MR) is 102 cm³/mol. The zero-order valence-electron chi connectivity index (χ0n) is 15.1. The van der Waals surface area contributed by atoms with E-state index >= 15 is 0 Å². The first-order valence-electron chi connectivity index (χ1n) is 8.61. The first-order valence-corrected chi connectivity index (χ1v) is 8.61. The monoisotopic (exact) mass is 366 g/mol. The third-order valence-electron chi connectivity index (χ3n) is 4.11. The van der Waals surface area contributed by atoms with Gasteiger partial charge in [0.2, 0.25) is 0 Å².